The van der Waals surface area contributed by atoms with Crippen molar-refractivity contribution in [3.8, 4) is 0 Å². The van der Waals surface area contributed by atoms with Gasteiger partial charge in [0.1, 0.15) is 23.1 Å². The van der Waals surface area contributed by atoms with E-state index in [1.54, 1.807) is 6.07 Å². The molecule has 2 rings (SSSR count). The zero-order chi connectivity index (χ0) is 12.4. The van der Waals surface area contributed by atoms with Crippen molar-refractivity contribution in [2.75, 3.05) is 5.32 Å². The average molecular weight is 317 g/mol. The summed E-state index contributed by atoms with van der Waals surface area (Å²) in [6, 6.07) is 4.49. The standard InChI is InChI=1S/C11H8BrClFN3/c1-6-2-3-7(14)4-8(6)17-11-9(12)10(13)15-5-16-11/h2-5H,1H3,(H,15,16,17). The lowest BCUT2D eigenvalue weighted by Gasteiger charge is -2.10. The molecule has 0 amide bonds. The van der Waals surface area contributed by atoms with E-state index in [-0.39, 0.29) is 5.82 Å². The van der Waals surface area contributed by atoms with Crippen LogP contribution in [-0.2, 0) is 0 Å². The van der Waals surface area contributed by atoms with Gasteiger partial charge in [0.05, 0.1) is 4.47 Å². The fourth-order valence-electron chi connectivity index (χ4n) is 1.29. The van der Waals surface area contributed by atoms with Crippen molar-refractivity contribution in [1.29, 1.82) is 0 Å². The lowest BCUT2D eigenvalue weighted by atomic mass is 10.2. The van der Waals surface area contributed by atoms with Crippen LogP contribution in [0.5, 0.6) is 0 Å². The molecule has 1 aromatic heterocycles. The Bertz CT molecular complexity index is 562. The smallest absolute Gasteiger partial charge is 0.149 e. The Morgan fingerprint density at radius 3 is 2.88 bits per heavy atom. The van der Waals surface area contributed by atoms with Crippen LogP contribution in [0, 0.1) is 12.7 Å². The minimum Gasteiger partial charge on any atom is -0.339 e. The minimum absolute atomic E-state index is 0.302. The number of benzene rings is 1. The molecule has 0 radical (unpaired) electrons. The van der Waals surface area contributed by atoms with E-state index in [1.807, 2.05) is 6.92 Å². The normalized spacial score (nSPS) is 10.4. The summed E-state index contributed by atoms with van der Waals surface area (Å²) in [4.78, 5) is 7.84. The highest BCUT2D eigenvalue weighted by molar-refractivity contribution is 9.10. The van der Waals surface area contributed by atoms with Crippen molar-refractivity contribution in [1.82, 2.24) is 9.97 Å². The predicted octanol–water partition coefficient (Wildman–Crippen LogP) is 4.08. The Labute approximate surface area is 111 Å². The number of aryl methyl sites for hydroxylation is 1. The Hall–Kier alpha value is -1.20. The van der Waals surface area contributed by atoms with E-state index < -0.39 is 0 Å². The van der Waals surface area contributed by atoms with Gasteiger partial charge in [0.25, 0.3) is 0 Å². The molecule has 88 valence electrons. The minimum atomic E-state index is -0.311. The number of rotatable bonds is 2. The van der Waals surface area contributed by atoms with Gasteiger partial charge >= 0.3 is 0 Å². The van der Waals surface area contributed by atoms with Crippen LogP contribution in [0.4, 0.5) is 15.9 Å². The number of nitrogens with zero attached hydrogens (tertiary/aromatic N) is 2. The van der Waals surface area contributed by atoms with Crippen molar-refractivity contribution in [2.45, 2.75) is 6.92 Å². The van der Waals surface area contributed by atoms with E-state index >= 15 is 0 Å². The van der Waals surface area contributed by atoms with Gasteiger partial charge in [0.15, 0.2) is 0 Å². The van der Waals surface area contributed by atoms with Crippen LogP contribution in [0.3, 0.4) is 0 Å². The molecule has 0 bridgehead atoms. The first-order valence-electron chi connectivity index (χ1n) is 4.77. The molecule has 0 fully saturated rings. The van der Waals surface area contributed by atoms with Crippen LogP contribution in [0.1, 0.15) is 5.56 Å². The third-order valence-corrected chi connectivity index (χ3v) is 3.47. The molecule has 0 aliphatic rings. The van der Waals surface area contributed by atoms with Crippen molar-refractivity contribution < 1.29 is 4.39 Å². The third kappa shape index (κ3) is 2.73. The van der Waals surface area contributed by atoms with Crippen molar-refractivity contribution >= 4 is 39.0 Å². The highest BCUT2D eigenvalue weighted by Crippen LogP contribution is 2.29. The average Bonchev–Trinajstić information content (AvgIpc) is 2.30. The summed E-state index contributed by atoms with van der Waals surface area (Å²) in [5, 5.41) is 3.30. The molecular weight excluding hydrogens is 308 g/mol. The first-order chi connectivity index (χ1) is 8.08. The van der Waals surface area contributed by atoms with E-state index in [0.29, 0.717) is 21.1 Å². The molecule has 0 unspecified atom stereocenters. The molecule has 0 saturated carbocycles. The lowest BCUT2D eigenvalue weighted by Crippen LogP contribution is -1.98. The van der Waals surface area contributed by atoms with E-state index in [4.69, 9.17) is 11.6 Å². The van der Waals surface area contributed by atoms with Crippen LogP contribution < -0.4 is 5.32 Å². The molecule has 0 aliphatic carbocycles. The fraction of sp³-hybridized carbons (Fsp3) is 0.0909. The van der Waals surface area contributed by atoms with Crippen LogP contribution >= 0.6 is 27.5 Å². The topological polar surface area (TPSA) is 37.8 Å². The van der Waals surface area contributed by atoms with E-state index in [1.165, 1.54) is 18.5 Å². The first-order valence-corrected chi connectivity index (χ1v) is 5.94. The maximum absolute atomic E-state index is 13.1. The zero-order valence-electron chi connectivity index (χ0n) is 8.84. The van der Waals surface area contributed by atoms with Gasteiger partial charge in [-0.05, 0) is 40.5 Å². The van der Waals surface area contributed by atoms with Crippen molar-refractivity contribution in [3.63, 3.8) is 0 Å². The highest BCUT2D eigenvalue weighted by Gasteiger charge is 2.08. The van der Waals surface area contributed by atoms with E-state index in [9.17, 15) is 4.39 Å². The molecule has 6 heteroatoms. The Morgan fingerprint density at radius 1 is 1.35 bits per heavy atom. The number of hydrogen-bond acceptors (Lipinski definition) is 3. The fourth-order valence-corrected chi connectivity index (χ4v) is 1.73. The molecule has 0 saturated heterocycles. The summed E-state index contributed by atoms with van der Waals surface area (Å²) in [7, 11) is 0. The molecule has 0 atom stereocenters. The second kappa shape index (κ2) is 4.98. The molecule has 0 spiro atoms. The van der Waals surface area contributed by atoms with Gasteiger partial charge in [-0.15, -0.1) is 0 Å². The summed E-state index contributed by atoms with van der Waals surface area (Å²) in [5.41, 5.74) is 1.55. The van der Waals surface area contributed by atoms with Crippen LogP contribution in [0.15, 0.2) is 29.0 Å². The number of hydrogen-bond donors (Lipinski definition) is 1. The summed E-state index contributed by atoms with van der Waals surface area (Å²) in [6.45, 7) is 1.87. The van der Waals surface area contributed by atoms with Gasteiger partial charge in [-0.3, -0.25) is 0 Å². The number of halogens is 3. The molecule has 0 aliphatic heterocycles. The molecule has 2 aromatic rings. The SMILES string of the molecule is Cc1ccc(F)cc1Nc1ncnc(Cl)c1Br. The predicted molar refractivity (Wildman–Crippen MR) is 69.2 cm³/mol. The van der Waals surface area contributed by atoms with Crippen molar-refractivity contribution in [2.24, 2.45) is 0 Å². The highest BCUT2D eigenvalue weighted by atomic mass is 79.9. The van der Waals surface area contributed by atoms with Crippen LogP contribution in [0.2, 0.25) is 5.15 Å². The quantitative estimate of drug-likeness (QED) is 0.848. The molecule has 1 N–H and O–H groups in total. The Balaban J connectivity index is 2.38. The zero-order valence-corrected chi connectivity index (χ0v) is 11.2. The van der Waals surface area contributed by atoms with Gasteiger partial charge in [-0.2, -0.15) is 0 Å². The molecule has 17 heavy (non-hydrogen) atoms. The van der Waals surface area contributed by atoms with Gasteiger partial charge in [-0.25, -0.2) is 14.4 Å². The lowest BCUT2D eigenvalue weighted by molar-refractivity contribution is 0.628. The monoisotopic (exact) mass is 315 g/mol. The molecule has 1 aromatic carbocycles. The largest absolute Gasteiger partial charge is 0.339 e. The van der Waals surface area contributed by atoms with Crippen LogP contribution in [-0.4, -0.2) is 9.97 Å². The maximum atomic E-state index is 13.1. The number of anilines is 2. The van der Waals surface area contributed by atoms with Crippen LogP contribution in [0.25, 0.3) is 0 Å². The van der Waals surface area contributed by atoms with Gasteiger partial charge in [0.2, 0.25) is 0 Å². The Kier molecular flexibility index (Phi) is 3.59. The third-order valence-electron chi connectivity index (χ3n) is 2.20. The second-order valence-electron chi connectivity index (χ2n) is 3.41. The Morgan fingerprint density at radius 2 is 2.12 bits per heavy atom. The molecular formula is C11H8BrClFN3. The number of aromatic nitrogens is 2. The summed E-state index contributed by atoms with van der Waals surface area (Å²) in [6.07, 6.45) is 1.34. The molecule has 1 heterocycles. The molecule has 3 nitrogen and oxygen atoms in total. The van der Waals surface area contributed by atoms with Gasteiger partial charge in [-0.1, -0.05) is 17.7 Å². The maximum Gasteiger partial charge on any atom is 0.149 e. The van der Waals surface area contributed by atoms with E-state index in [0.717, 1.165) is 5.56 Å². The second-order valence-corrected chi connectivity index (χ2v) is 4.56. The summed E-state index contributed by atoms with van der Waals surface area (Å²) >= 11 is 9.11. The van der Waals surface area contributed by atoms with Crippen molar-refractivity contribution in [3.05, 3.63) is 45.5 Å². The van der Waals surface area contributed by atoms with Gasteiger partial charge < -0.3 is 5.32 Å². The first kappa shape index (κ1) is 12.3. The van der Waals surface area contributed by atoms with Gasteiger partial charge in [0, 0.05) is 5.69 Å². The number of nitrogens with one attached hydrogen (secondary N) is 1. The summed E-state index contributed by atoms with van der Waals surface area (Å²) < 4.78 is 13.7. The van der Waals surface area contributed by atoms with E-state index in [2.05, 4.69) is 31.2 Å². The summed E-state index contributed by atoms with van der Waals surface area (Å²) in [5.74, 6) is 0.188.